The van der Waals surface area contributed by atoms with E-state index in [1.807, 2.05) is 30.3 Å². The number of fused-ring (bicyclic) bond motifs is 1. The summed E-state index contributed by atoms with van der Waals surface area (Å²) < 4.78 is 11.3. The number of nitrogens with two attached hydrogens (primary N) is 1. The van der Waals surface area contributed by atoms with Gasteiger partial charge in [0.25, 0.3) is 5.89 Å². The van der Waals surface area contributed by atoms with E-state index in [0.29, 0.717) is 35.6 Å². The molecule has 8 nitrogen and oxygen atoms in total. The van der Waals surface area contributed by atoms with E-state index < -0.39 is 5.54 Å². The highest BCUT2D eigenvalue weighted by Gasteiger charge is 2.31. The summed E-state index contributed by atoms with van der Waals surface area (Å²) >= 11 is 6.42. The molecule has 2 aromatic carbocycles. The molecule has 0 bridgehead atoms. The summed E-state index contributed by atoms with van der Waals surface area (Å²) in [7, 11) is 0. The van der Waals surface area contributed by atoms with Gasteiger partial charge in [-0.1, -0.05) is 48.7 Å². The van der Waals surface area contributed by atoms with E-state index >= 15 is 0 Å². The number of benzene rings is 2. The molecule has 3 aromatic rings. The second kappa shape index (κ2) is 10.7. The van der Waals surface area contributed by atoms with Crippen LogP contribution in [0.3, 0.4) is 0 Å². The van der Waals surface area contributed by atoms with Gasteiger partial charge in [0, 0.05) is 29.9 Å². The van der Waals surface area contributed by atoms with Crippen molar-refractivity contribution in [2.75, 3.05) is 37.8 Å². The highest BCUT2D eigenvalue weighted by Crippen LogP contribution is 2.37. The smallest absolute Gasteiger partial charge is 0.258 e. The Balaban J connectivity index is 1.53. The number of hydrogen-bond donors (Lipinski definition) is 3. The van der Waals surface area contributed by atoms with Gasteiger partial charge in [-0.05, 0) is 42.7 Å². The molecular weight excluding hydrogens is 456 g/mol. The van der Waals surface area contributed by atoms with Gasteiger partial charge in [-0.2, -0.15) is 4.98 Å². The highest BCUT2D eigenvalue weighted by atomic mass is 35.5. The molecule has 0 fully saturated rings. The summed E-state index contributed by atoms with van der Waals surface area (Å²) in [5, 5.41) is 23.9. The molecule has 4 rings (SSSR count). The van der Waals surface area contributed by atoms with Crippen LogP contribution in [0.2, 0.25) is 5.02 Å². The first-order valence-electron chi connectivity index (χ1n) is 11.6. The summed E-state index contributed by atoms with van der Waals surface area (Å²) in [5.74, 6) is 1.51. The Morgan fingerprint density at radius 2 is 2.03 bits per heavy atom. The van der Waals surface area contributed by atoms with Crippen molar-refractivity contribution in [3.63, 3.8) is 0 Å². The Kier molecular flexibility index (Phi) is 7.73. The fourth-order valence-corrected chi connectivity index (χ4v) is 4.38. The second-order valence-corrected chi connectivity index (χ2v) is 9.18. The fraction of sp³-hybridized carbons (Fsp3) is 0.440. The maximum Gasteiger partial charge on any atom is 0.258 e. The van der Waals surface area contributed by atoms with Crippen LogP contribution in [-0.4, -0.2) is 58.8 Å². The Bertz CT molecular complexity index is 1120. The van der Waals surface area contributed by atoms with E-state index in [-0.39, 0.29) is 13.2 Å². The average molecular weight is 487 g/mol. The van der Waals surface area contributed by atoms with E-state index in [0.717, 1.165) is 54.6 Å². The normalized spacial score (nSPS) is 13.4. The van der Waals surface area contributed by atoms with E-state index in [2.05, 4.69) is 22.0 Å². The Morgan fingerprint density at radius 1 is 1.21 bits per heavy atom. The van der Waals surface area contributed by atoms with Crippen molar-refractivity contribution in [2.45, 2.75) is 38.1 Å². The van der Waals surface area contributed by atoms with Crippen LogP contribution in [-0.2, 0) is 6.42 Å². The first-order chi connectivity index (χ1) is 16.5. The molecule has 0 unspecified atom stereocenters. The van der Waals surface area contributed by atoms with Crippen molar-refractivity contribution in [1.29, 1.82) is 0 Å². The number of nitrogens with zero attached hydrogens (tertiary/aromatic N) is 3. The monoisotopic (exact) mass is 486 g/mol. The van der Waals surface area contributed by atoms with Gasteiger partial charge in [0.15, 0.2) is 0 Å². The standard InChI is InChI=1S/C25H31ClN4O4/c1-2-3-4-12-33-22-9-8-17(13-20(22)26)24-28-23(29-34-24)19-6-5-7-21-18(19)10-11-30(21)14-25(27,15-31)16-32/h5-9,13,31-32H,2-4,10-12,14-16,27H2,1H3. The van der Waals surface area contributed by atoms with Crippen LogP contribution in [0.4, 0.5) is 5.69 Å². The maximum atomic E-state index is 9.58. The molecule has 1 aliphatic heterocycles. The van der Waals surface area contributed by atoms with Crippen LogP contribution >= 0.6 is 11.6 Å². The van der Waals surface area contributed by atoms with Crippen LogP contribution in [0.1, 0.15) is 31.7 Å². The summed E-state index contributed by atoms with van der Waals surface area (Å²) in [4.78, 5) is 6.69. The number of halogens is 1. The minimum absolute atomic E-state index is 0.297. The zero-order valence-electron chi connectivity index (χ0n) is 19.3. The number of ether oxygens (including phenoxy) is 1. The van der Waals surface area contributed by atoms with Crippen molar-refractivity contribution in [3.8, 4) is 28.6 Å². The quantitative estimate of drug-likeness (QED) is 0.351. The Hall–Kier alpha value is -2.65. The van der Waals surface area contributed by atoms with Crippen molar-refractivity contribution in [3.05, 3.63) is 47.0 Å². The molecule has 0 atom stereocenters. The summed E-state index contributed by atoms with van der Waals surface area (Å²) in [6.45, 7) is 3.27. The average Bonchev–Trinajstić information content (AvgIpc) is 3.50. The van der Waals surface area contributed by atoms with Gasteiger partial charge in [0.05, 0.1) is 30.4 Å². The SMILES string of the molecule is CCCCCOc1ccc(-c2nc(-c3cccc4c3CCN4CC(N)(CO)CO)no2)cc1Cl. The minimum Gasteiger partial charge on any atom is -0.492 e. The number of hydrogen-bond acceptors (Lipinski definition) is 8. The predicted octanol–water partition coefficient (Wildman–Crippen LogP) is 3.67. The van der Waals surface area contributed by atoms with Crippen LogP contribution in [0, 0.1) is 0 Å². The molecule has 0 saturated carbocycles. The molecule has 1 aliphatic rings. The third-order valence-corrected chi connectivity index (χ3v) is 6.41. The van der Waals surface area contributed by atoms with E-state index in [4.69, 9.17) is 26.6 Å². The van der Waals surface area contributed by atoms with E-state index in [1.165, 1.54) is 0 Å². The first-order valence-corrected chi connectivity index (χ1v) is 12.0. The molecule has 34 heavy (non-hydrogen) atoms. The van der Waals surface area contributed by atoms with Gasteiger partial charge >= 0.3 is 0 Å². The lowest BCUT2D eigenvalue weighted by Gasteiger charge is -2.31. The molecule has 0 radical (unpaired) electrons. The van der Waals surface area contributed by atoms with Gasteiger partial charge < -0.3 is 30.1 Å². The van der Waals surface area contributed by atoms with Gasteiger partial charge in [0.1, 0.15) is 5.75 Å². The summed E-state index contributed by atoms with van der Waals surface area (Å²) in [5.41, 5.74) is 8.73. The van der Waals surface area contributed by atoms with Crippen molar-refractivity contribution in [2.24, 2.45) is 5.73 Å². The molecule has 0 saturated heterocycles. The molecule has 1 aromatic heterocycles. The van der Waals surface area contributed by atoms with Crippen molar-refractivity contribution < 1.29 is 19.5 Å². The van der Waals surface area contributed by atoms with Crippen LogP contribution in [0.25, 0.3) is 22.8 Å². The van der Waals surface area contributed by atoms with Gasteiger partial charge in [-0.25, -0.2) is 0 Å². The third-order valence-electron chi connectivity index (χ3n) is 6.11. The van der Waals surface area contributed by atoms with Crippen molar-refractivity contribution >= 4 is 17.3 Å². The van der Waals surface area contributed by atoms with Gasteiger partial charge in [-0.15, -0.1) is 0 Å². The summed E-state index contributed by atoms with van der Waals surface area (Å²) in [6, 6.07) is 11.4. The Morgan fingerprint density at radius 3 is 2.76 bits per heavy atom. The maximum absolute atomic E-state index is 9.58. The lowest BCUT2D eigenvalue weighted by atomic mass is 10.0. The largest absolute Gasteiger partial charge is 0.492 e. The molecule has 4 N–H and O–H groups in total. The zero-order valence-corrected chi connectivity index (χ0v) is 20.1. The number of aromatic nitrogens is 2. The van der Waals surface area contributed by atoms with Gasteiger partial charge in [-0.3, -0.25) is 0 Å². The predicted molar refractivity (Wildman–Crippen MR) is 132 cm³/mol. The zero-order chi connectivity index (χ0) is 24.1. The number of anilines is 1. The molecule has 0 aliphatic carbocycles. The van der Waals surface area contributed by atoms with Crippen LogP contribution < -0.4 is 15.4 Å². The minimum atomic E-state index is -1.07. The lowest BCUT2D eigenvalue weighted by Crippen LogP contribution is -2.55. The number of aliphatic hydroxyl groups excluding tert-OH is 2. The molecule has 182 valence electrons. The van der Waals surface area contributed by atoms with Crippen molar-refractivity contribution in [1.82, 2.24) is 10.1 Å². The number of unbranched alkanes of at least 4 members (excludes halogenated alkanes) is 2. The first kappa shape index (κ1) is 24.5. The molecule has 0 spiro atoms. The topological polar surface area (TPSA) is 118 Å². The molecular formula is C25H31ClN4O4. The van der Waals surface area contributed by atoms with Gasteiger partial charge in [0.2, 0.25) is 5.82 Å². The third kappa shape index (κ3) is 5.20. The second-order valence-electron chi connectivity index (χ2n) is 8.78. The van der Waals surface area contributed by atoms with E-state index in [9.17, 15) is 10.2 Å². The highest BCUT2D eigenvalue weighted by molar-refractivity contribution is 6.32. The lowest BCUT2D eigenvalue weighted by molar-refractivity contribution is 0.125. The fourth-order valence-electron chi connectivity index (χ4n) is 4.14. The molecule has 0 amide bonds. The summed E-state index contributed by atoms with van der Waals surface area (Å²) in [6.07, 6.45) is 4.03. The Labute approximate surface area is 204 Å². The number of rotatable bonds is 11. The van der Waals surface area contributed by atoms with E-state index in [1.54, 1.807) is 6.07 Å². The number of aliphatic hydroxyl groups is 2. The molecule has 9 heteroatoms. The van der Waals surface area contributed by atoms with Crippen LogP contribution in [0.5, 0.6) is 5.75 Å². The molecule has 2 heterocycles. The van der Waals surface area contributed by atoms with Crippen LogP contribution in [0.15, 0.2) is 40.9 Å².